The van der Waals surface area contributed by atoms with E-state index in [-0.39, 0.29) is 23.9 Å². The number of thiophene rings is 1. The summed E-state index contributed by atoms with van der Waals surface area (Å²) in [7, 11) is 3.34. The highest BCUT2D eigenvalue weighted by Crippen LogP contribution is 2.30. The molecule has 2 saturated heterocycles. The number of guanidine groups is 1. The van der Waals surface area contributed by atoms with Crippen molar-refractivity contribution >= 4 is 27.5 Å². The van der Waals surface area contributed by atoms with Gasteiger partial charge in [0.05, 0.1) is 37.7 Å². The first-order valence-electron chi connectivity index (χ1n) is 10.4. The Hall–Kier alpha value is -2.17. The lowest BCUT2D eigenvalue weighted by Crippen LogP contribution is -2.42. The highest BCUT2D eigenvalue weighted by molar-refractivity contribution is 7.18. The lowest BCUT2D eigenvalue weighted by Gasteiger charge is -2.16. The fourth-order valence-corrected chi connectivity index (χ4v) is 5.51. The molecule has 9 nitrogen and oxygen atoms in total. The molecule has 1 N–H and O–H groups in total. The van der Waals surface area contributed by atoms with Crippen molar-refractivity contribution in [3.05, 3.63) is 31.3 Å². The van der Waals surface area contributed by atoms with E-state index >= 15 is 0 Å². The van der Waals surface area contributed by atoms with Gasteiger partial charge in [-0.05, 0) is 25.3 Å². The molecular formula is C20H29N5O4S. The molecule has 10 heteroatoms. The molecule has 0 amide bonds. The van der Waals surface area contributed by atoms with Crippen LogP contribution >= 0.6 is 11.3 Å². The maximum Gasteiger partial charge on any atom is 0.332 e. The molecule has 0 saturated carbocycles. The highest BCUT2D eigenvalue weighted by atomic mass is 32.1. The van der Waals surface area contributed by atoms with Gasteiger partial charge in [-0.25, -0.2) is 4.79 Å². The van der Waals surface area contributed by atoms with E-state index in [1.165, 1.54) is 15.9 Å². The summed E-state index contributed by atoms with van der Waals surface area (Å²) in [5.74, 6) is 0.862. The monoisotopic (exact) mass is 435 g/mol. The van der Waals surface area contributed by atoms with Crippen molar-refractivity contribution in [2.45, 2.75) is 45.5 Å². The molecule has 2 aliphatic rings. The van der Waals surface area contributed by atoms with E-state index in [9.17, 15) is 9.59 Å². The number of hydrogen-bond acceptors (Lipinski definition) is 6. The van der Waals surface area contributed by atoms with Crippen LogP contribution in [0.1, 0.15) is 23.3 Å². The highest BCUT2D eigenvalue weighted by Gasteiger charge is 2.25. The van der Waals surface area contributed by atoms with E-state index in [0.717, 1.165) is 53.8 Å². The van der Waals surface area contributed by atoms with Crippen LogP contribution in [0.5, 0.6) is 0 Å². The molecule has 2 aromatic heterocycles. The predicted molar refractivity (Wildman–Crippen MR) is 118 cm³/mol. The Kier molecular flexibility index (Phi) is 6.26. The van der Waals surface area contributed by atoms with Crippen molar-refractivity contribution in [2.24, 2.45) is 4.99 Å². The largest absolute Gasteiger partial charge is 0.383 e. The maximum atomic E-state index is 13.3. The summed E-state index contributed by atoms with van der Waals surface area (Å²) in [6.45, 7) is 6.09. The fourth-order valence-electron chi connectivity index (χ4n) is 4.19. The van der Waals surface area contributed by atoms with E-state index in [1.54, 1.807) is 18.7 Å². The van der Waals surface area contributed by atoms with Crippen LogP contribution in [0.3, 0.4) is 0 Å². The third-order valence-corrected chi connectivity index (χ3v) is 7.13. The second kappa shape index (κ2) is 8.91. The zero-order valence-electron chi connectivity index (χ0n) is 17.8. The quantitative estimate of drug-likeness (QED) is 0.690. The molecular weight excluding hydrogens is 406 g/mol. The molecule has 2 aromatic rings. The van der Waals surface area contributed by atoms with Gasteiger partial charge in [0.15, 0.2) is 5.96 Å². The second-order valence-corrected chi connectivity index (χ2v) is 8.79. The van der Waals surface area contributed by atoms with Gasteiger partial charge in [0.25, 0.3) is 5.56 Å². The zero-order chi connectivity index (χ0) is 21.3. The van der Waals surface area contributed by atoms with Crippen LogP contribution in [0.2, 0.25) is 0 Å². The first-order valence-corrected chi connectivity index (χ1v) is 11.2. The zero-order valence-corrected chi connectivity index (χ0v) is 18.6. The summed E-state index contributed by atoms with van der Waals surface area (Å²) in [6.07, 6.45) is 1.94. The topological polar surface area (TPSA) is 90.1 Å². The van der Waals surface area contributed by atoms with Crippen LogP contribution in [0.4, 0.5) is 0 Å². The number of aryl methyl sites for hydroxylation is 1. The minimum absolute atomic E-state index is 0.00624. The smallest absolute Gasteiger partial charge is 0.332 e. The van der Waals surface area contributed by atoms with Gasteiger partial charge in [0.2, 0.25) is 0 Å². The lowest BCUT2D eigenvalue weighted by atomic mass is 10.2. The van der Waals surface area contributed by atoms with Gasteiger partial charge in [-0.15, -0.1) is 11.3 Å². The summed E-state index contributed by atoms with van der Waals surface area (Å²) >= 11 is 1.53. The third kappa shape index (κ3) is 3.79. The molecule has 0 aromatic carbocycles. The predicted octanol–water partition coefficient (Wildman–Crippen LogP) is 0.750. The first kappa shape index (κ1) is 21.1. The molecule has 0 radical (unpaired) electrons. The lowest BCUT2D eigenvalue weighted by molar-refractivity contribution is 0.0964. The summed E-state index contributed by atoms with van der Waals surface area (Å²) in [5.41, 5.74) is 0.417. The van der Waals surface area contributed by atoms with Crippen molar-refractivity contribution in [1.29, 1.82) is 0 Å². The Labute approximate surface area is 178 Å². The van der Waals surface area contributed by atoms with Crippen LogP contribution in [0, 0.1) is 6.92 Å². The van der Waals surface area contributed by atoms with Gasteiger partial charge in [0, 0.05) is 38.7 Å². The summed E-state index contributed by atoms with van der Waals surface area (Å²) in [5, 5.41) is 3.90. The van der Waals surface area contributed by atoms with Crippen molar-refractivity contribution in [2.75, 3.05) is 40.5 Å². The van der Waals surface area contributed by atoms with E-state index in [2.05, 4.69) is 15.2 Å². The standard InChI is InChI=1S/C20H29N5O4S/c1-13-15(12-23-7-6-22-19(23)21-2)30-18-16(13)17(26)24(8-10-28-3)20(27)25(18)11-14-5-4-9-29-14/h14H,4-12H2,1-3H3,(H,21,22). The number of aromatic nitrogens is 2. The van der Waals surface area contributed by atoms with Gasteiger partial charge in [-0.3, -0.25) is 18.9 Å². The third-order valence-electron chi connectivity index (χ3n) is 5.83. The number of ether oxygens (including phenoxy) is 2. The van der Waals surface area contributed by atoms with E-state index in [4.69, 9.17) is 9.47 Å². The Morgan fingerprint density at radius 2 is 2.17 bits per heavy atom. The molecule has 4 rings (SSSR count). The molecule has 4 heterocycles. The summed E-state index contributed by atoms with van der Waals surface area (Å²) < 4.78 is 14.0. The van der Waals surface area contributed by atoms with Crippen molar-refractivity contribution in [3.8, 4) is 0 Å². The summed E-state index contributed by atoms with van der Waals surface area (Å²) in [4.78, 5) is 34.8. The van der Waals surface area contributed by atoms with Crippen LogP contribution in [-0.4, -0.2) is 66.6 Å². The van der Waals surface area contributed by atoms with E-state index < -0.39 is 0 Å². The molecule has 1 unspecified atom stereocenters. The normalized spacial score (nSPS) is 20.6. The van der Waals surface area contributed by atoms with E-state index in [0.29, 0.717) is 25.1 Å². The SMILES string of the molecule is C/N=C1\NCCN1Cc1sc2c(c1C)c(=O)n(CCOC)c(=O)n2CC1CCCO1. The average Bonchev–Trinajstić information content (AvgIpc) is 3.47. The molecule has 1 atom stereocenters. The van der Waals surface area contributed by atoms with Crippen LogP contribution in [0.15, 0.2) is 14.6 Å². The van der Waals surface area contributed by atoms with Gasteiger partial charge < -0.3 is 19.7 Å². The maximum absolute atomic E-state index is 13.3. The number of nitrogens with zero attached hydrogens (tertiary/aromatic N) is 4. The molecule has 0 aliphatic carbocycles. The molecule has 0 spiro atoms. The molecule has 30 heavy (non-hydrogen) atoms. The van der Waals surface area contributed by atoms with Crippen molar-refractivity contribution < 1.29 is 9.47 Å². The van der Waals surface area contributed by atoms with Crippen LogP contribution in [-0.2, 0) is 29.1 Å². The molecule has 2 fully saturated rings. The molecule has 0 bridgehead atoms. The Morgan fingerprint density at radius 3 is 2.87 bits per heavy atom. The van der Waals surface area contributed by atoms with Gasteiger partial charge in [0.1, 0.15) is 4.83 Å². The van der Waals surface area contributed by atoms with Crippen LogP contribution in [0.25, 0.3) is 10.2 Å². The second-order valence-electron chi connectivity index (χ2n) is 7.70. The minimum atomic E-state index is -0.286. The number of rotatable bonds is 7. The Morgan fingerprint density at radius 1 is 1.33 bits per heavy atom. The van der Waals surface area contributed by atoms with Crippen LogP contribution < -0.4 is 16.6 Å². The first-order chi connectivity index (χ1) is 14.5. The number of hydrogen-bond donors (Lipinski definition) is 1. The minimum Gasteiger partial charge on any atom is -0.383 e. The molecule has 2 aliphatic heterocycles. The summed E-state index contributed by atoms with van der Waals surface area (Å²) in [6, 6.07) is 0. The van der Waals surface area contributed by atoms with Gasteiger partial charge in [-0.2, -0.15) is 0 Å². The Balaban J connectivity index is 1.82. The number of nitrogens with one attached hydrogen (secondary N) is 1. The van der Waals surface area contributed by atoms with E-state index in [1.807, 2.05) is 6.92 Å². The average molecular weight is 436 g/mol. The van der Waals surface area contributed by atoms with Crippen molar-refractivity contribution in [3.63, 3.8) is 0 Å². The molecule has 164 valence electrons. The number of methoxy groups -OCH3 is 1. The van der Waals surface area contributed by atoms with Gasteiger partial charge >= 0.3 is 5.69 Å². The fraction of sp³-hybridized carbons (Fsp3) is 0.650. The number of fused-ring (bicyclic) bond motifs is 1. The van der Waals surface area contributed by atoms with Crippen molar-refractivity contribution in [1.82, 2.24) is 19.4 Å². The van der Waals surface area contributed by atoms with Gasteiger partial charge in [-0.1, -0.05) is 0 Å². The number of aliphatic imine (C=N–C) groups is 1. The Bertz CT molecular complexity index is 1060.